The van der Waals surface area contributed by atoms with E-state index in [9.17, 15) is 0 Å². The Morgan fingerprint density at radius 3 is 2.14 bits per heavy atom. The first-order chi connectivity index (χ1) is 13.8. The standard InChI is InChI=1S/C10H19N3O.C8H14N2.C5H12/c1-3-12(9-10-14-2)7-8-13-6-4-5-11-13;1-7(2)6-10-5-4-8(3)9-10;1-4-5(2)3/h4-6H,3,7-10H2,1-2H3;4-5,7H,6H2,1-3H3;5H,4H2,1-3H3. The first-order valence-electron chi connectivity index (χ1n) is 11.0. The van der Waals surface area contributed by atoms with E-state index in [1.54, 1.807) is 7.11 Å². The molecule has 29 heavy (non-hydrogen) atoms. The highest BCUT2D eigenvalue weighted by molar-refractivity contribution is 4.94. The average Bonchev–Trinajstić information content (AvgIpc) is 3.34. The first-order valence-corrected chi connectivity index (χ1v) is 11.0. The van der Waals surface area contributed by atoms with E-state index < -0.39 is 0 Å². The van der Waals surface area contributed by atoms with Crippen molar-refractivity contribution in [1.82, 2.24) is 24.5 Å². The minimum Gasteiger partial charge on any atom is -0.383 e. The quantitative estimate of drug-likeness (QED) is 0.570. The maximum Gasteiger partial charge on any atom is 0.0593 e. The molecule has 0 aliphatic heterocycles. The van der Waals surface area contributed by atoms with Crippen molar-refractivity contribution >= 4 is 0 Å². The molecule has 0 bridgehead atoms. The zero-order chi connectivity index (χ0) is 22.1. The van der Waals surface area contributed by atoms with Gasteiger partial charge in [0.1, 0.15) is 0 Å². The van der Waals surface area contributed by atoms with Crippen molar-refractivity contribution in [1.29, 1.82) is 0 Å². The molecule has 2 rings (SSSR count). The van der Waals surface area contributed by atoms with Crippen LogP contribution in [0.5, 0.6) is 0 Å². The molecule has 168 valence electrons. The second-order valence-corrected chi connectivity index (χ2v) is 8.07. The third-order valence-corrected chi connectivity index (χ3v) is 4.41. The Morgan fingerprint density at radius 1 is 1.03 bits per heavy atom. The fourth-order valence-electron chi connectivity index (χ4n) is 2.26. The second-order valence-electron chi connectivity index (χ2n) is 8.07. The van der Waals surface area contributed by atoms with Gasteiger partial charge in [-0.25, -0.2) is 0 Å². The van der Waals surface area contributed by atoms with Crippen LogP contribution in [-0.2, 0) is 17.8 Å². The van der Waals surface area contributed by atoms with E-state index in [-0.39, 0.29) is 0 Å². The predicted octanol–water partition coefficient (Wildman–Crippen LogP) is 4.75. The van der Waals surface area contributed by atoms with Gasteiger partial charge < -0.3 is 4.74 Å². The van der Waals surface area contributed by atoms with E-state index in [0.29, 0.717) is 5.92 Å². The molecule has 0 amide bonds. The summed E-state index contributed by atoms with van der Waals surface area (Å²) < 4.78 is 8.99. The minimum absolute atomic E-state index is 0.680. The number of aromatic nitrogens is 4. The number of aryl methyl sites for hydroxylation is 1. The molecule has 0 aromatic carbocycles. The Kier molecular flexibility index (Phi) is 16.2. The van der Waals surface area contributed by atoms with Crippen LogP contribution in [0.2, 0.25) is 0 Å². The predicted molar refractivity (Wildman–Crippen MR) is 123 cm³/mol. The van der Waals surface area contributed by atoms with Gasteiger partial charge >= 0.3 is 0 Å². The van der Waals surface area contributed by atoms with Crippen LogP contribution in [0.15, 0.2) is 30.7 Å². The Hall–Kier alpha value is -1.66. The molecule has 2 heterocycles. The van der Waals surface area contributed by atoms with Crippen molar-refractivity contribution < 1.29 is 4.74 Å². The van der Waals surface area contributed by atoms with Gasteiger partial charge in [-0.2, -0.15) is 10.2 Å². The van der Waals surface area contributed by atoms with Crippen LogP contribution in [-0.4, -0.2) is 57.8 Å². The van der Waals surface area contributed by atoms with Crippen molar-refractivity contribution in [2.45, 2.75) is 68.0 Å². The molecule has 6 heteroatoms. The molecule has 0 aliphatic carbocycles. The molecule has 0 atom stereocenters. The van der Waals surface area contributed by atoms with Crippen LogP contribution in [0.3, 0.4) is 0 Å². The maximum atomic E-state index is 5.05. The SMILES string of the molecule is CCC(C)C.CCN(CCOC)CCn1cccn1.Cc1ccn(CC(C)C)n1. The van der Waals surface area contributed by atoms with Crippen LogP contribution in [0.25, 0.3) is 0 Å². The summed E-state index contributed by atoms with van der Waals surface area (Å²) in [5, 5.41) is 8.43. The van der Waals surface area contributed by atoms with Crippen molar-refractivity contribution in [3.8, 4) is 0 Å². The van der Waals surface area contributed by atoms with Gasteiger partial charge in [-0.15, -0.1) is 0 Å². The number of hydrogen-bond donors (Lipinski definition) is 0. The molecule has 0 aliphatic rings. The molecule has 0 spiro atoms. The molecule has 0 fully saturated rings. The van der Waals surface area contributed by atoms with E-state index in [1.807, 2.05) is 47.0 Å². The molecule has 0 unspecified atom stereocenters. The van der Waals surface area contributed by atoms with Crippen LogP contribution in [0.4, 0.5) is 0 Å². The Bertz CT molecular complexity index is 578. The molecular formula is C23H45N5O. The fourth-order valence-corrected chi connectivity index (χ4v) is 2.26. The molecule has 0 N–H and O–H groups in total. The van der Waals surface area contributed by atoms with Gasteiger partial charge in [0, 0.05) is 45.3 Å². The van der Waals surface area contributed by atoms with Crippen LogP contribution in [0.1, 0.15) is 53.7 Å². The van der Waals surface area contributed by atoms with E-state index in [0.717, 1.165) is 50.9 Å². The minimum atomic E-state index is 0.680. The van der Waals surface area contributed by atoms with Gasteiger partial charge in [-0.05, 0) is 37.4 Å². The zero-order valence-corrected chi connectivity index (χ0v) is 20.1. The van der Waals surface area contributed by atoms with Crippen LogP contribution < -0.4 is 0 Å². The van der Waals surface area contributed by atoms with E-state index in [4.69, 9.17) is 4.74 Å². The summed E-state index contributed by atoms with van der Waals surface area (Å²) in [6.07, 6.45) is 7.13. The maximum absolute atomic E-state index is 5.05. The highest BCUT2D eigenvalue weighted by Gasteiger charge is 2.01. The third kappa shape index (κ3) is 15.9. The Balaban J connectivity index is 0.000000455. The lowest BCUT2D eigenvalue weighted by Gasteiger charge is -2.19. The Labute approximate surface area is 179 Å². The topological polar surface area (TPSA) is 48.1 Å². The first kappa shape index (κ1) is 27.3. The Morgan fingerprint density at radius 2 is 1.72 bits per heavy atom. The molecular weight excluding hydrogens is 362 g/mol. The van der Waals surface area contributed by atoms with E-state index in [1.165, 1.54) is 6.42 Å². The number of methoxy groups -OCH3 is 1. The monoisotopic (exact) mass is 407 g/mol. The van der Waals surface area contributed by atoms with Gasteiger partial charge in [0.25, 0.3) is 0 Å². The highest BCUT2D eigenvalue weighted by atomic mass is 16.5. The van der Waals surface area contributed by atoms with Crippen molar-refractivity contribution in [2.75, 3.05) is 33.4 Å². The summed E-state index contributed by atoms with van der Waals surface area (Å²) >= 11 is 0. The largest absolute Gasteiger partial charge is 0.383 e. The third-order valence-electron chi connectivity index (χ3n) is 4.41. The van der Waals surface area contributed by atoms with Crippen molar-refractivity contribution in [3.05, 3.63) is 36.4 Å². The number of ether oxygens (including phenoxy) is 1. The van der Waals surface area contributed by atoms with Gasteiger partial charge in [0.05, 0.1) is 18.8 Å². The normalized spacial score (nSPS) is 10.7. The number of hydrogen-bond acceptors (Lipinski definition) is 4. The summed E-state index contributed by atoms with van der Waals surface area (Å²) in [5.41, 5.74) is 1.10. The number of likely N-dealkylation sites (N-methyl/N-ethyl adjacent to an activating group) is 1. The molecule has 2 aromatic rings. The number of nitrogens with zero attached hydrogens (tertiary/aromatic N) is 5. The molecule has 0 saturated heterocycles. The molecule has 6 nitrogen and oxygen atoms in total. The molecule has 0 radical (unpaired) electrons. The second kappa shape index (κ2) is 17.2. The van der Waals surface area contributed by atoms with E-state index in [2.05, 4.69) is 56.6 Å². The smallest absolute Gasteiger partial charge is 0.0593 e. The highest BCUT2D eigenvalue weighted by Crippen LogP contribution is 1.99. The van der Waals surface area contributed by atoms with Crippen LogP contribution in [0, 0.1) is 18.8 Å². The van der Waals surface area contributed by atoms with Gasteiger partial charge in [-0.3, -0.25) is 14.3 Å². The van der Waals surface area contributed by atoms with Gasteiger partial charge in [0.15, 0.2) is 0 Å². The van der Waals surface area contributed by atoms with E-state index >= 15 is 0 Å². The van der Waals surface area contributed by atoms with Gasteiger partial charge in [0.2, 0.25) is 0 Å². The van der Waals surface area contributed by atoms with Gasteiger partial charge in [-0.1, -0.05) is 48.0 Å². The lowest BCUT2D eigenvalue weighted by atomic mass is 10.2. The average molecular weight is 408 g/mol. The summed E-state index contributed by atoms with van der Waals surface area (Å²) in [6.45, 7) is 21.1. The summed E-state index contributed by atoms with van der Waals surface area (Å²) in [5.74, 6) is 1.56. The molecule has 2 aromatic heterocycles. The fraction of sp³-hybridized carbons (Fsp3) is 0.739. The summed E-state index contributed by atoms with van der Waals surface area (Å²) in [4.78, 5) is 2.35. The molecule has 0 saturated carbocycles. The van der Waals surface area contributed by atoms with Crippen LogP contribution >= 0.6 is 0 Å². The lowest BCUT2D eigenvalue weighted by Crippen LogP contribution is -2.30. The summed E-state index contributed by atoms with van der Waals surface area (Å²) in [6, 6.07) is 3.98. The number of rotatable bonds is 10. The zero-order valence-electron chi connectivity index (χ0n) is 20.1. The van der Waals surface area contributed by atoms with Crippen molar-refractivity contribution in [2.24, 2.45) is 11.8 Å². The summed E-state index contributed by atoms with van der Waals surface area (Å²) in [7, 11) is 1.74. The van der Waals surface area contributed by atoms with Crippen molar-refractivity contribution in [3.63, 3.8) is 0 Å². The lowest BCUT2D eigenvalue weighted by molar-refractivity contribution is 0.148.